The van der Waals surface area contributed by atoms with E-state index in [2.05, 4.69) is 44.8 Å². The molecule has 2 heteroatoms. The smallest absolute Gasteiger partial charge is 0.0110 e. The van der Waals surface area contributed by atoms with E-state index in [0.717, 1.165) is 13.1 Å². The molecule has 0 aromatic rings. The Labute approximate surface area is 95.4 Å². The molecule has 1 unspecified atom stereocenters. The zero-order valence-electron chi connectivity index (χ0n) is 11.1. The Kier molecular flexibility index (Phi) is 4.60. The van der Waals surface area contributed by atoms with E-state index in [0.29, 0.717) is 17.5 Å². The van der Waals surface area contributed by atoms with Gasteiger partial charge in [-0.3, -0.25) is 4.90 Å². The molecule has 0 amide bonds. The first-order chi connectivity index (χ1) is 6.99. The van der Waals surface area contributed by atoms with Gasteiger partial charge in [-0.1, -0.05) is 13.8 Å². The summed E-state index contributed by atoms with van der Waals surface area (Å²) in [4.78, 5) is 2.51. The summed E-state index contributed by atoms with van der Waals surface area (Å²) in [5.74, 6) is 0. The van der Waals surface area contributed by atoms with Gasteiger partial charge >= 0.3 is 0 Å². The number of nitrogens with one attached hydrogen (secondary N) is 1. The Hall–Kier alpha value is -0.0800. The van der Waals surface area contributed by atoms with Crippen molar-refractivity contribution in [3.63, 3.8) is 0 Å². The first kappa shape index (κ1) is 13.0. The van der Waals surface area contributed by atoms with Crippen LogP contribution in [0.25, 0.3) is 0 Å². The summed E-state index contributed by atoms with van der Waals surface area (Å²) in [6.07, 6.45) is 2.81. The third kappa shape index (κ3) is 3.76. The molecule has 0 bridgehead atoms. The second kappa shape index (κ2) is 5.31. The normalized spacial score (nSPS) is 21.0. The fourth-order valence-electron chi connectivity index (χ4n) is 2.08. The molecular weight excluding hydrogens is 184 g/mol. The lowest BCUT2D eigenvalue weighted by Crippen LogP contribution is -2.41. The van der Waals surface area contributed by atoms with Crippen LogP contribution >= 0.6 is 0 Å². The monoisotopic (exact) mass is 212 g/mol. The van der Waals surface area contributed by atoms with Crippen LogP contribution in [0.15, 0.2) is 0 Å². The Morgan fingerprint density at radius 3 is 2.27 bits per heavy atom. The van der Waals surface area contributed by atoms with E-state index in [1.807, 2.05) is 0 Å². The van der Waals surface area contributed by atoms with Crippen LogP contribution in [0.3, 0.4) is 0 Å². The van der Waals surface area contributed by atoms with Gasteiger partial charge in [0.25, 0.3) is 0 Å². The molecule has 0 aromatic carbocycles. The Morgan fingerprint density at radius 1 is 1.27 bits per heavy atom. The molecule has 1 aliphatic carbocycles. The minimum Gasteiger partial charge on any atom is -0.312 e. The summed E-state index contributed by atoms with van der Waals surface area (Å²) in [6.45, 7) is 15.0. The maximum absolute atomic E-state index is 3.66. The molecule has 1 atom stereocenters. The number of rotatable bonds is 7. The van der Waals surface area contributed by atoms with Gasteiger partial charge in [0.1, 0.15) is 0 Å². The van der Waals surface area contributed by atoms with Crippen molar-refractivity contribution in [3.8, 4) is 0 Å². The maximum atomic E-state index is 3.66. The molecule has 2 nitrogen and oxygen atoms in total. The van der Waals surface area contributed by atoms with Crippen molar-refractivity contribution in [2.45, 2.75) is 59.5 Å². The second-order valence-corrected chi connectivity index (χ2v) is 5.55. The quantitative estimate of drug-likeness (QED) is 0.697. The number of nitrogens with zero attached hydrogens (tertiary/aromatic N) is 1. The van der Waals surface area contributed by atoms with Gasteiger partial charge in [0.2, 0.25) is 0 Å². The number of likely N-dealkylation sites (N-methyl/N-ethyl adjacent to an activating group) is 1. The zero-order chi connectivity index (χ0) is 11.5. The summed E-state index contributed by atoms with van der Waals surface area (Å²) in [6, 6.07) is 1.35. The molecule has 0 aromatic heterocycles. The van der Waals surface area contributed by atoms with Crippen LogP contribution in [0, 0.1) is 5.41 Å². The van der Waals surface area contributed by atoms with Gasteiger partial charge in [-0.15, -0.1) is 0 Å². The summed E-state index contributed by atoms with van der Waals surface area (Å²) < 4.78 is 0. The van der Waals surface area contributed by atoms with Crippen molar-refractivity contribution in [1.82, 2.24) is 10.2 Å². The predicted molar refractivity (Wildman–Crippen MR) is 67.2 cm³/mol. The first-order valence-electron chi connectivity index (χ1n) is 6.47. The van der Waals surface area contributed by atoms with Gasteiger partial charge < -0.3 is 5.32 Å². The van der Waals surface area contributed by atoms with Gasteiger partial charge in [0, 0.05) is 25.2 Å². The van der Waals surface area contributed by atoms with E-state index >= 15 is 0 Å². The van der Waals surface area contributed by atoms with Crippen molar-refractivity contribution >= 4 is 0 Å². The number of hydrogen-bond acceptors (Lipinski definition) is 2. The molecule has 15 heavy (non-hydrogen) atoms. The van der Waals surface area contributed by atoms with E-state index in [1.165, 1.54) is 19.4 Å². The van der Waals surface area contributed by atoms with Crippen LogP contribution in [-0.2, 0) is 0 Å². The van der Waals surface area contributed by atoms with E-state index in [1.54, 1.807) is 0 Å². The maximum Gasteiger partial charge on any atom is 0.0110 e. The second-order valence-electron chi connectivity index (χ2n) is 5.55. The van der Waals surface area contributed by atoms with Gasteiger partial charge in [0.15, 0.2) is 0 Å². The van der Waals surface area contributed by atoms with Crippen LogP contribution in [0.1, 0.15) is 47.5 Å². The molecule has 0 aliphatic heterocycles. The van der Waals surface area contributed by atoms with E-state index in [9.17, 15) is 0 Å². The summed E-state index contributed by atoms with van der Waals surface area (Å²) in [5.41, 5.74) is 0.606. The standard InChI is InChI=1S/C13H28N2/c1-6-15(11(2)3)10-9-14-12(4)13(5)7-8-13/h11-12,14H,6-10H2,1-5H3. The topological polar surface area (TPSA) is 15.3 Å². The molecule has 0 radical (unpaired) electrons. The molecule has 0 heterocycles. The molecule has 1 fully saturated rings. The van der Waals surface area contributed by atoms with Crippen molar-refractivity contribution in [2.24, 2.45) is 5.41 Å². The fraction of sp³-hybridized carbons (Fsp3) is 1.00. The first-order valence-corrected chi connectivity index (χ1v) is 6.47. The molecule has 1 rings (SSSR count). The van der Waals surface area contributed by atoms with Crippen molar-refractivity contribution in [2.75, 3.05) is 19.6 Å². The largest absolute Gasteiger partial charge is 0.312 e. The third-order valence-electron chi connectivity index (χ3n) is 4.07. The number of hydrogen-bond donors (Lipinski definition) is 1. The molecule has 1 saturated carbocycles. The third-order valence-corrected chi connectivity index (χ3v) is 4.07. The van der Waals surface area contributed by atoms with Crippen LogP contribution in [-0.4, -0.2) is 36.6 Å². The van der Waals surface area contributed by atoms with Crippen LogP contribution in [0.4, 0.5) is 0 Å². The Balaban J connectivity index is 2.14. The van der Waals surface area contributed by atoms with E-state index < -0.39 is 0 Å². The van der Waals surface area contributed by atoms with Crippen LogP contribution in [0.5, 0.6) is 0 Å². The molecular formula is C13H28N2. The lowest BCUT2D eigenvalue weighted by atomic mass is 10.0. The van der Waals surface area contributed by atoms with Crippen LogP contribution in [0.2, 0.25) is 0 Å². The fourth-order valence-corrected chi connectivity index (χ4v) is 2.08. The lowest BCUT2D eigenvalue weighted by Gasteiger charge is -2.27. The predicted octanol–water partition coefficient (Wildman–Crippen LogP) is 2.49. The average molecular weight is 212 g/mol. The van der Waals surface area contributed by atoms with Gasteiger partial charge in [0.05, 0.1) is 0 Å². The molecule has 1 N–H and O–H groups in total. The van der Waals surface area contributed by atoms with E-state index in [4.69, 9.17) is 0 Å². The highest BCUT2D eigenvalue weighted by atomic mass is 15.2. The summed E-state index contributed by atoms with van der Waals surface area (Å²) in [5, 5.41) is 3.66. The highest BCUT2D eigenvalue weighted by Crippen LogP contribution is 2.47. The Bertz CT molecular complexity index is 183. The van der Waals surface area contributed by atoms with Crippen molar-refractivity contribution in [1.29, 1.82) is 0 Å². The molecule has 1 aliphatic rings. The van der Waals surface area contributed by atoms with Gasteiger partial charge in [-0.25, -0.2) is 0 Å². The minimum absolute atomic E-state index is 0.606. The highest BCUT2D eigenvalue weighted by Gasteiger charge is 2.41. The molecule has 0 saturated heterocycles. The van der Waals surface area contributed by atoms with Gasteiger partial charge in [-0.05, 0) is 45.6 Å². The van der Waals surface area contributed by atoms with Crippen molar-refractivity contribution in [3.05, 3.63) is 0 Å². The van der Waals surface area contributed by atoms with Crippen LogP contribution < -0.4 is 5.32 Å². The SMILES string of the molecule is CCN(CCNC(C)C1(C)CC1)C(C)C. The highest BCUT2D eigenvalue weighted by molar-refractivity contribution is 4.96. The summed E-state index contributed by atoms with van der Waals surface area (Å²) in [7, 11) is 0. The molecule has 0 spiro atoms. The minimum atomic E-state index is 0.606. The zero-order valence-corrected chi connectivity index (χ0v) is 11.1. The van der Waals surface area contributed by atoms with E-state index in [-0.39, 0.29) is 0 Å². The Morgan fingerprint density at radius 2 is 1.87 bits per heavy atom. The average Bonchev–Trinajstić information content (AvgIpc) is 2.91. The summed E-state index contributed by atoms with van der Waals surface area (Å²) >= 11 is 0. The lowest BCUT2D eigenvalue weighted by molar-refractivity contribution is 0.226. The van der Waals surface area contributed by atoms with Crippen molar-refractivity contribution < 1.29 is 0 Å². The molecule has 90 valence electrons. The van der Waals surface area contributed by atoms with Gasteiger partial charge in [-0.2, -0.15) is 0 Å².